The van der Waals surface area contributed by atoms with Gasteiger partial charge in [-0.15, -0.1) is 11.3 Å². The van der Waals surface area contributed by atoms with Crippen molar-refractivity contribution in [2.45, 2.75) is 33.4 Å². The fourth-order valence-corrected chi connectivity index (χ4v) is 3.88. The van der Waals surface area contributed by atoms with Crippen LogP contribution in [0.3, 0.4) is 0 Å². The zero-order valence-electron chi connectivity index (χ0n) is 12.8. The largest absolute Gasteiger partial charge is 0.381 e. The Labute approximate surface area is 130 Å². The van der Waals surface area contributed by atoms with Crippen LogP contribution >= 0.6 is 11.3 Å². The number of aldehydes is 1. The van der Waals surface area contributed by atoms with Gasteiger partial charge in [0, 0.05) is 18.5 Å². The highest BCUT2D eigenvalue weighted by molar-refractivity contribution is 7.20. The number of ether oxygens (including phenoxy) is 1. The number of hydrogen-bond donors (Lipinski definition) is 0. The first-order valence-corrected chi connectivity index (χ1v) is 8.08. The van der Waals surface area contributed by atoms with Crippen molar-refractivity contribution in [3.63, 3.8) is 0 Å². The van der Waals surface area contributed by atoms with Crippen molar-refractivity contribution in [1.82, 2.24) is 9.13 Å². The molecular weight excluding hydrogens is 304 g/mol. The minimum absolute atomic E-state index is 0.229. The van der Waals surface area contributed by atoms with Crippen LogP contribution in [0.4, 0.5) is 0 Å². The predicted molar refractivity (Wildman–Crippen MR) is 85.2 cm³/mol. The molecule has 3 rings (SSSR count). The second-order valence-corrected chi connectivity index (χ2v) is 6.99. The molecule has 0 bridgehead atoms. The number of aryl methyl sites for hydroxylation is 1. The molecule has 0 amide bonds. The molecule has 1 aliphatic heterocycles. The lowest BCUT2D eigenvalue weighted by Crippen LogP contribution is -2.43. The summed E-state index contributed by atoms with van der Waals surface area (Å²) in [6, 6.07) is -0.229. The average molecular weight is 322 g/mol. The van der Waals surface area contributed by atoms with Crippen LogP contribution in [0.15, 0.2) is 9.59 Å². The summed E-state index contributed by atoms with van der Waals surface area (Å²) in [6.07, 6.45) is 0.750. The third kappa shape index (κ3) is 2.16. The molecule has 0 unspecified atom stereocenters. The van der Waals surface area contributed by atoms with Crippen molar-refractivity contribution in [3.05, 3.63) is 31.3 Å². The lowest BCUT2D eigenvalue weighted by atomic mass is 10.1. The number of aromatic nitrogens is 2. The lowest BCUT2D eigenvalue weighted by Gasteiger charge is -2.27. The number of fused-ring (bicyclic) bond motifs is 1. The molecule has 0 saturated carbocycles. The van der Waals surface area contributed by atoms with Crippen LogP contribution in [-0.4, -0.2) is 28.6 Å². The molecule has 1 aliphatic rings. The molecule has 1 fully saturated rings. The summed E-state index contributed by atoms with van der Waals surface area (Å²) in [7, 11) is 0. The molecule has 7 heteroatoms. The van der Waals surface area contributed by atoms with Gasteiger partial charge in [-0.05, 0) is 26.3 Å². The van der Waals surface area contributed by atoms with Crippen molar-refractivity contribution >= 4 is 27.8 Å². The third-order valence-corrected chi connectivity index (χ3v) is 5.29. The number of nitrogens with zero attached hydrogens (tertiary/aromatic N) is 2. The summed E-state index contributed by atoms with van der Waals surface area (Å²) >= 11 is 1.22. The van der Waals surface area contributed by atoms with Crippen LogP contribution in [0.2, 0.25) is 0 Å². The number of carbonyl (C=O) groups is 1. The van der Waals surface area contributed by atoms with Gasteiger partial charge in [0.2, 0.25) is 0 Å². The van der Waals surface area contributed by atoms with Gasteiger partial charge in [0.1, 0.15) is 4.83 Å². The normalized spacial score (nSPS) is 15.5. The summed E-state index contributed by atoms with van der Waals surface area (Å²) in [5, 5.41) is 0.487. The van der Waals surface area contributed by atoms with Crippen LogP contribution in [0, 0.1) is 12.8 Å². The SMILES string of the molecule is Cc1c(C=O)sc2c1c(=O)n(C(C)C)c(=O)n2CC1COC1. The monoisotopic (exact) mass is 322 g/mol. The second kappa shape index (κ2) is 5.48. The summed E-state index contributed by atoms with van der Waals surface area (Å²) in [6.45, 7) is 7.15. The standard InChI is InChI=1S/C15H18N2O4S/c1-8(2)17-13(19)12-9(3)11(5-18)22-14(12)16(15(17)20)4-10-6-21-7-10/h5,8,10H,4,6-7H2,1-3H3. The van der Waals surface area contributed by atoms with Crippen LogP contribution in [-0.2, 0) is 11.3 Å². The summed E-state index contributed by atoms with van der Waals surface area (Å²) < 4.78 is 8.08. The first-order valence-electron chi connectivity index (χ1n) is 7.27. The molecule has 0 atom stereocenters. The van der Waals surface area contributed by atoms with E-state index < -0.39 is 0 Å². The molecule has 0 radical (unpaired) electrons. The van der Waals surface area contributed by atoms with E-state index in [0.717, 1.165) is 6.29 Å². The van der Waals surface area contributed by atoms with E-state index in [1.807, 2.05) is 13.8 Å². The highest BCUT2D eigenvalue weighted by atomic mass is 32.1. The molecule has 2 aromatic rings. The number of hydrogen-bond acceptors (Lipinski definition) is 5. The van der Waals surface area contributed by atoms with Crippen LogP contribution < -0.4 is 11.2 Å². The molecule has 0 aliphatic carbocycles. The van der Waals surface area contributed by atoms with Gasteiger partial charge < -0.3 is 4.74 Å². The zero-order valence-corrected chi connectivity index (χ0v) is 13.6. The smallest absolute Gasteiger partial charge is 0.332 e. The minimum atomic E-state index is -0.307. The molecular formula is C15H18N2O4S. The van der Waals surface area contributed by atoms with Crippen molar-refractivity contribution < 1.29 is 9.53 Å². The fraction of sp³-hybridized carbons (Fsp3) is 0.533. The van der Waals surface area contributed by atoms with Gasteiger partial charge in [0.15, 0.2) is 6.29 Å². The summed E-state index contributed by atoms with van der Waals surface area (Å²) in [4.78, 5) is 37.7. The molecule has 1 saturated heterocycles. The topological polar surface area (TPSA) is 70.3 Å². The maximum atomic E-state index is 12.7. The quantitative estimate of drug-likeness (QED) is 0.801. The lowest BCUT2D eigenvalue weighted by molar-refractivity contribution is -0.0395. The van der Waals surface area contributed by atoms with Gasteiger partial charge in [-0.1, -0.05) is 0 Å². The molecule has 22 heavy (non-hydrogen) atoms. The molecule has 0 N–H and O–H groups in total. The van der Waals surface area contributed by atoms with Crippen LogP contribution in [0.1, 0.15) is 35.1 Å². The number of rotatable bonds is 4. The maximum Gasteiger partial charge on any atom is 0.332 e. The Morgan fingerprint density at radius 2 is 2.05 bits per heavy atom. The van der Waals surface area contributed by atoms with Crippen molar-refractivity contribution in [2.75, 3.05) is 13.2 Å². The average Bonchev–Trinajstić information content (AvgIpc) is 2.73. The van der Waals surface area contributed by atoms with Gasteiger partial charge in [0.05, 0.1) is 23.5 Å². The highest BCUT2D eigenvalue weighted by Gasteiger charge is 2.25. The van der Waals surface area contributed by atoms with Gasteiger partial charge in [-0.25, -0.2) is 4.79 Å². The zero-order chi connectivity index (χ0) is 16.0. The van der Waals surface area contributed by atoms with Crippen molar-refractivity contribution in [1.29, 1.82) is 0 Å². The Kier molecular flexibility index (Phi) is 3.78. The van der Waals surface area contributed by atoms with E-state index in [-0.39, 0.29) is 23.2 Å². The van der Waals surface area contributed by atoms with Gasteiger partial charge >= 0.3 is 5.69 Å². The molecule has 0 aromatic carbocycles. The third-order valence-electron chi connectivity index (χ3n) is 4.05. The van der Waals surface area contributed by atoms with E-state index in [1.165, 1.54) is 15.9 Å². The van der Waals surface area contributed by atoms with E-state index in [9.17, 15) is 14.4 Å². The summed E-state index contributed by atoms with van der Waals surface area (Å²) in [5.74, 6) is 0.279. The van der Waals surface area contributed by atoms with E-state index in [4.69, 9.17) is 4.74 Å². The minimum Gasteiger partial charge on any atom is -0.381 e. The molecule has 2 aromatic heterocycles. The number of thiophene rings is 1. The van der Waals surface area contributed by atoms with Crippen LogP contribution in [0.25, 0.3) is 10.2 Å². The van der Waals surface area contributed by atoms with Crippen LogP contribution in [0.5, 0.6) is 0 Å². The molecule has 6 nitrogen and oxygen atoms in total. The Bertz CT molecular complexity index is 855. The maximum absolute atomic E-state index is 12.7. The van der Waals surface area contributed by atoms with Gasteiger partial charge in [0.25, 0.3) is 5.56 Å². The predicted octanol–water partition coefficient (Wildman–Crippen LogP) is 1.57. The molecule has 118 valence electrons. The first-order chi connectivity index (χ1) is 10.5. The second-order valence-electron chi connectivity index (χ2n) is 5.95. The van der Waals surface area contributed by atoms with Crippen molar-refractivity contribution in [3.8, 4) is 0 Å². The summed E-state index contributed by atoms with van der Waals surface area (Å²) in [5.41, 5.74) is 0.0454. The Balaban J connectivity index is 2.37. The van der Waals surface area contributed by atoms with Gasteiger partial charge in [-0.3, -0.25) is 18.7 Å². The van der Waals surface area contributed by atoms with Gasteiger partial charge in [-0.2, -0.15) is 0 Å². The molecule has 3 heterocycles. The molecule has 0 spiro atoms. The van der Waals surface area contributed by atoms with E-state index in [2.05, 4.69) is 0 Å². The Hall–Kier alpha value is -1.73. The van der Waals surface area contributed by atoms with E-state index in [1.54, 1.807) is 11.5 Å². The van der Waals surface area contributed by atoms with Crippen molar-refractivity contribution in [2.24, 2.45) is 5.92 Å². The van der Waals surface area contributed by atoms with E-state index >= 15 is 0 Å². The highest BCUT2D eigenvalue weighted by Crippen LogP contribution is 2.27. The Morgan fingerprint density at radius 3 is 2.55 bits per heavy atom. The Morgan fingerprint density at radius 1 is 1.36 bits per heavy atom. The van der Waals surface area contributed by atoms with E-state index in [0.29, 0.717) is 40.4 Å². The fourth-order valence-electron chi connectivity index (χ4n) is 2.76. The first kappa shape index (κ1) is 15.2. The number of carbonyl (C=O) groups excluding carboxylic acids is 1.